The molecule has 2 aromatic carbocycles. The molecule has 1 fully saturated rings. The first-order chi connectivity index (χ1) is 15.6. The number of nitrogens with one attached hydrogen (secondary N) is 1. The third-order valence-electron chi connectivity index (χ3n) is 6.33. The average molecular weight is 495 g/mol. The Morgan fingerprint density at radius 3 is 2.66 bits per heavy atom. The SMILES string of the molecule is Cc1ccc(-c2n[nH]c3c2C(c2cccc(Br)c2)N(CCCN2CCOCC2)C3=O)cc1. The smallest absolute Gasteiger partial charge is 0.273 e. The summed E-state index contributed by atoms with van der Waals surface area (Å²) in [6.07, 6.45) is 0.924. The highest BCUT2D eigenvalue weighted by molar-refractivity contribution is 9.10. The molecule has 1 N–H and O–H groups in total. The van der Waals surface area contributed by atoms with Gasteiger partial charge in [0.25, 0.3) is 5.91 Å². The van der Waals surface area contributed by atoms with E-state index in [4.69, 9.17) is 4.74 Å². The molecular weight excluding hydrogens is 468 g/mol. The first-order valence-corrected chi connectivity index (χ1v) is 11.9. The van der Waals surface area contributed by atoms with Crippen LogP contribution in [0.3, 0.4) is 0 Å². The molecule has 0 saturated carbocycles. The fraction of sp³-hybridized carbons (Fsp3) is 0.360. The molecule has 1 unspecified atom stereocenters. The maximum absolute atomic E-state index is 13.5. The number of halogens is 1. The number of aryl methyl sites for hydroxylation is 1. The van der Waals surface area contributed by atoms with Gasteiger partial charge in [0.15, 0.2) is 0 Å². The molecule has 32 heavy (non-hydrogen) atoms. The zero-order valence-electron chi connectivity index (χ0n) is 18.2. The summed E-state index contributed by atoms with van der Waals surface area (Å²) in [7, 11) is 0. The number of carbonyl (C=O) groups excluding carboxylic acids is 1. The van der Waals surface area contributed by atoms with Gasteiger partial charge >= 0.3 is 0 Å². The van der Waals surface area contributed by atoms with Crippen molar-refractivity contribution >= 4 is 21.8 Å². The van der Waals surface area contributed by atoms with E-state index in [1.807, 2.05) is 17.0 Å². The highest BCUT2D eigenvalue weighted by atomic mass is 79.9. The van der Waals surface area contributed by atoms with Crippen molar-refractivity contribution in [2.75, 3.05) is 39.4 Å². The van der Waals surface area contributed by atoms with Crippen LogP contribution in [-0.4, -0.2) is 65.3 Å². The molecule has 0 bridgehead atoms. The summed E-state index contributed by atoms with van der Waals surface area (Å²) in [6, 6.07) is 16.4. The van der Waals surface area contributed by atoms with Gasteiger partial charge in [-0.1, -0.05) is 57.9 Å². The van der Waals surface area contributed by atoms with Crippen molar-refractivity contribution in [1.29, 1.82) is 0 Å². The van der Waals surface area contributed by atoms with E-state index in [-0.39, 0.29) is 11.9 Å². The molecule has 3 heterocycles. The van der Waals surface area contributed by atoms with Gasteiger partial charge in [-0.15, -0.1) is 0 Å². The van der Waals surface area contributed by atoms with Gasteiger partial charge in [0.2, 0.25) is 0 Å². The van der Waals surface area contributed by atoms with Gasteiger partial charge in [0.05, 0.1) is 24.9 Å². The predicted molar refractivity (Wildman–Crippen MR) is 128 cm³/mol. The third kappa shape index (κ3) is 4.12. The van der Waals surface area contributed by atoms with E-state index in [1.165, 1.54) is 5.56 Å². The van der Waals surface area contributed by atoms with E-state index in [2.05, 4.69) is 74.3 Å². The number of hydrogen-bond acceptors (Lipinski definition) is 4. The maximum Gasteiger partial charge on any atom is 0.273 e. The van der Waals surface area contributed by atoms with Crippen LogP contribution in [-0.2, 0) is 4.74 Å². The predicted octanol–water partition coefficient (Wildman–Crippen LogP) is 4.42. The molecule has 6 nitrogen and oxygen atoms in total. The van der Waals surface area contributed by atoms with Crippen molar-refractivity contribution in [2.45, 2.75) is 19.4 Å². The molecule has 0 spiro atoms. The van der Waals surface area contributed by atoms with Crippen LogP contribution in [0.4, 0.5) is 0 Å². The second kappa shape index (κ2) is 9.17. The molecule has 3 aromatic rings. The number of amides is 1. The topological polar surface area (TPSA) is 61.5 Å². The Hall–Kier alpha value is -2.48. The molecule has 0 aliphatic carbocycles. The van der Waals surface area contributed by atoms with Crippen molar-refractivity contribution in [3.05, 3.63) is 75.4 Å². The second-order valence-corrected chi connectivity index (χ2v) is 9.41. The number of aromatic amines is 1. The summed E-state index contributed by atoms with van der Waals surface area (Å²) in [5.41, 5.74) is 5.75. The number of aromatic nitrogens is 2. The standard InChI is InChI=1S/C25H27BrN4O2/c1-17-6-8-18(9-7-17)22-21-23(28-27-22)25(31)30(11-3-10-29-12-14-32-15-13-29)24(21)19-4-2-5-20(26)16-19/h2,4-9,16,24H,3,10-15H2,1H3,(H,27,28). The molecule has 1 amide bonds. The number of rotatable bonds is 6. The number of ether oxygens (including phenoxy) is 1. The molecule has 1 aromatic heterocycles. The summed E-state index contributed by atoms with van der Waals surface area (Å²) in [4.78, 5) is 17.9. The Bertz CT molecular complexity index is 1110. The Balaban J connectivity index is 1.47. The number of carbonyl (C=O) groups is 1. The van der Waals surface area contributed by atoms with Crippen LogP contribution in [0.1, 0.15) is 39.6 Å². The Labute approximate surface area is 196 Å². The van der Waals surface area contributed by atoms with Crippen LogP contribution >= 0.6 is 15.9 Å². The average Bonchev–Trinajstić information content (AvgIpc) is 3.34. The summed E-state index contributed by atoms with van der Waals surface area (Å²) < 4.78 is 6.46. The maximum atomic E-state index is 13.5. The molecule has 7 heteroatoms. The quantitative estimate of drug-likeness (QED) is 0.550. The van der Waals surface area contributed by atoms with Gasteiger partial charge in [-0.05, 0) is 31.0 Å². The Morgan fingerprint density at radius 1 is 1.12 bits per heavy atom. The van der Waals surface area contributed by atoms with Gasteiger partial charge < -0.3 is 9.64 Å². The summed E-state index contributed by atoms with van der Waals surface area (Å²) in [6.45, 7) is 7.24. The minimum Gasteiger partial charge on any atom is -0.379 e. The minimum atomic E-state index is -0.158. The summed E-state index contributed by atoms with van der Waals surface area (Å²) >= 11 is 3.61. The van der Waals surface area contributed by atoms with Gasteiger partial charge in [0.1, 0.15) is 5.69 Å². The molecule has 166 valence electrons. The van der Waals surface area contributed by atoms with Crippen LogP contribution in [0.15, 0.2) is 53.0 Å². The first kappa shape index (κ1) is 21.4. The highest BCUT2D eigenvalue weighted by Gasteiger charge is 2.41. The zero-order chi connectivity index (χ0) is 22.1. The molecule has 5 rings (SSSR count). The van der Waals surface area contributed by atoms with E-state index < -0.39 is 0 Å². The monoisotopic (exact) mass is 494 g/mol. The van der Waals surface area contributed by atoms with Crippen molar-refractivity contribution in [2.24, 2.45) is 0 Å². The lowest BCUT2D eigenvalue weighted by Gasteiger charge is -2.29. The number of nitrogens with zero attached hydrogens (tertiary/aromatic N) is 3. The normalized spacial score (nSPS) is 18.9. The van der Waals surface area contributed by atoms with Gasteiger partial charge in [0, 0.05) is 41.8 Å². The largest absolute Gasteiger partial charge is 0.379 e. The van der Waals surface area contributed by atoms with Gasteiger partial charge in [-0.3, -0.25) is 14.8 Å². The first-order valence-electron chi connectivity index (χ1n) is 11.1. The summed E-state index contributed by atoms with van der Waals surface area (Å²) in [5.74, 6) is 0.0258. The zero-order valence-corrected chi connectivity index (χ0v) is 19.8. The van der Waals surface area contributed by atoms with Crippen molar-refractivity contribution in [1.82, 2.24) is 20.0 Å². The van der Waals surface area contributed by atoms with E-state index >= 15 is 0 Å². The Kier molecular flexibility index (Phi) is 6.13. The van der Waals surface area contributed by atoms with E-state index in [0.29, 0.717) is 12.2 Å². The number of fused-ring (bicyclic) bond motifs is 1. The van der Waals surface area contributed by atoms with E-state index in [0.717, 1.165) is 66.1 Å². The van der Waals surface area contributed by atoms with Crippen molar-refractivity contribution < 1.29 is 9.53 Å². The molecule has 2 aliphatic heterocycles. The van der Waals surface area contributed by atoms with Crippen LogP contribution in [0, 0.1) is 6.92 Å². The lowest BCUT2D eigenvalue weighted by molar-refractivity contribution is 0.0354. The van der Waals surface area contributed by atoms with Gasteiger partial charge in [-0.2, -0.15) is 5.10 Å². The fourth-order valence-corrected chi connectivity index (χ4v) is 5.09. The number of hydrogen-bond donors (Lipinski definition) is 1. The molecule has 1 atom stereocenters. The highest BCUT2D eigenvalue weighted by Crippen LogP contribution is 2.43. The van der Waals surface area contributed by atoms with Gasteiger partial charge in [-0.25, -0.2) is 0 Å². The lowest BCUT2D eigenvalue weighted by atomic mass is 9.96. The minimum absolute atomic E-state index is 0.0258. The van der Waals surface area contributed by atoms with Crippen molar-refractivity contribution in [3.63, 3.8) is 0 Å². The van der Waals surface area contributed by atoms with E-state index in [1.54, 1.807) is 0 Å². The lowest BCUT2D eigenvalue weighted by Crippen LogP contribution is -2.38. The summed E-state index contributed by atoms with van der Waals surface area (Å²) in [5, 5.41) is 7.62. The van der Waals surface area contributed by atoms with Crippen LogP contribution in [0.25, 0.3) is 11.3 Å². The Morgan fingerprint density at radius 2 is 1.91 bits per heavy atom. The third-order valence-corrected chi connectivity index (χ3v) is 6.82. The van der Waals surface area contributed by atoms with E-state index in [9.17, 15) is 4.79 Å². The number of benzene rings is 2. The van der Waals surface area contributed by atoms with Crippen LogP contribution in [0.2, 0.25) is 0 Å². The molecular formula is C25H27BrN4O2. The molecule has 1 saturated heterocycles. The number of morpholine rings is 1. The van der Waals surface area contributed by atoms with Crippen LogP contribution in [0.5, 0.6) is 0 Å². The molecule has 2 aliphatic rings. The molecule has 0 radical (unpaired) electrons. The fourth-order valence-electron chi connectivity index (χ4n) is 4.67. The second-order valence-electron chi connectivity index (χ2n) is 8.49. The van der Waals surface area contributed by atoms with Crippen LogP contribution < -0.4 is 0 Å². The number of H-pyrrole nitrogens is 1. The van der Waals surface area contributed by atoms with Crippen molar-refractivity contribution in [3.8, 4) is 11.3 Å².